The van der Waals surface area contributed by atoms with E-state index in [2.05, 4.69) is 17.1 Å². The fourth-order valence-electron chi connectivity index (χ4n) is 2.59. The predicted octanol–water partition coefficient (Wildman–Crippen LogP) is 4.35. The molecule has 0 fully saturated rings. The molecule has 0 bridgehead atoms. The van der Waals surface area contributed by atoms with Crippen LogP contribution < -0.4 is 5.73 Å². The summed E-state index contributed by atoms with van der Waals surface area (Å²) in [6.45, 7) is 1.91. The molecule has 1 aliphatic carbocycles. The lowest BCUT2D eigenvalue weighted by molar-refractivity contribution is 0.624. The monoisotopic (exact) mass is 344 g/mol. The van der Waals surface area contributed by atoms with Gasteiger partial charge >= 0.3 is 0 Å². The molecular formula is C21H17FN4. The van der Waals surface area contributed by atoms with Crippen LogP contribution in [-0.4, -0.2) is 11.2 Å². The summed E-state index contributed by atoms with van der Waals surface area (Å²) in [7, 11) is 0. The van der Waals surface area contributed by atoms with Gasteiger partial charge in [0.15, 0.2) is 0 Å². The van der Waals surface area contributed by atoms with Crippen LogP contribution >= 0.6 is 0 Å². The number of hydrogen-bond acceptors (Lipinski definition) is 4. The number of nitrogens with zero attached hydrogens (tertiary/aromatic N) is 2. The minimum Gasteiger partial charge on any atom is -0.383 e. The van der Waals surface area contributed by atoms with Gasteiger partial charge in [0.25, 0.3) is 0 Å². The fourth-order valence-corrected chi connectivity index (χ4v) is 2.59. The summed E-state index contributed by atoms with van der Waals surface area (Å²) in [5.41, 5.74) is 9.63. The van der Waals surface area contributed by atoms with Crippen LogP contribution in [0.1, 0.15) is 29.2 Å². The van der Waals surface area contributed by atoms with Gasteiger partial charge in [-0.25, -0.2) is 9.37 Å². The van der Waals surface area contributed by atoms with Crippen LogP contribution in [0, 0.1) is 28.5 Å². The molecule has 1 heterocycles. The van der Waals surface area contributed by atoms with Gasteiger partial charge in [-0.05, 0) is 41.8 Å². The van der Waals surface area contributed by atoms with Crippen molar-refractivity contribution in [2.45, 2.75) is 6.92 Å². The Morgan fingerprint density at radius 3 is 2.73 bits per heavy atom. The van der Waals surface area contributed by atoms with Crippen molar-refractivity contribution in [1.82, 2.24) is 4.98 Å². The first kappa shape index (κ1) is 17.3. The zero-order valence-corrected chi connectivity index (χ0v) is 14.2. The second kappa shape index (κ2) is 7.16. The fraction of sp³-hybridized carbons (Fsp3) is 0.0952. The maximum absolute atomic E-state index is 13.7. The third kappa shape index (κ3) is 3.60. The van der Waals surface area contributed by atoms with Gasteiger partial charge in [-0.2, -0.15) is 5.26 Å². The molecular weight excluding hydrogens is 327 g/mol. The summed E-state index contributed by atoms with van der Waals surface area (Å²) in [4.78, 5) is 4.17. The highest BCUT2D eigenvalue weighted by atomic mass is 19.1. The van der Waals surface area contributed by atoms with Crippen molar-refractivity contribution in [3.05, 3.63) is 82.8 Å². The summed E-state index contributed by atoms with van der Waals surface area (Å²) in [5.74, 6) is 0.0929. The number of rotatable bonds is 5. The Labute approximate surface area is 151 Å². The summed E-state index contributed by atoms with van der Waals surface area (Å²) in [5, 5.41) is 16.6. The van der Waals surface area contributed by atoms with Crippen LogP contribution in [0.5, 0.6) is 0 Å². The first-order valence-corrected chi connectivity index (χ1v) is 8.07. The molecule has 1 aromatic carbocycles. The molecule has 0 amide bonds. The van der Waals surface area contributed by atoms with Crippen molar-refractivity contribution < 1.29 is 4.39 Å². The number of hydrogen-bond donors (Lipinski definition) is 2. The average Bonchev–Trinajstić information content (AvgIpc) is 3.47. The molecule has 2 aromatic rings. The smallest absolute Gasteiger partial charge is 0.140 e. The molecule has 0 unspecified atom stereocenters. The minimum absolute atomic E-state index is 0.00431. The Kier molecular flexibility index (Phi) is 4.76. The number of benzene rings is 1. The highest BCUT2D eigenvalue weighted by molar-refractivity contribution is 5.96. The lowest BCUT2D eigenvalue weighted by Crippen LogP contribution is -1.99. The number of aromatic nitrogens is 1. The zero-order valence-electron chi connectivity index (χ0n) is 14.2. The Balaban J connectivity index is 2.15. The second-order valence-electron chi connectivity index (χ2n) is 6.01. The van der Waals surface area contributed by atoms with E-state index in [0.29, 0.717) is 17.3 Å². The summed E-state index contributed by atoms with van der Waals surface area (Å²) < 4.78 is 13.7. The van der Waals surface area contributed by atoms with Crippen LogP contribution in [0.15, 0.2) is 54.8 Å². The molecule has 4 nitrogen and oxygen atoms in total. The lowest BCUT2D eigenvalue weighted by atomic mass is 9.94. The van der Waals surface area contributed by atoms with Crippen molar-refractivity contribution in [1.29, 1.82) is 10.7 Å². The number of nitriles is 1. The van der Waals surface area contributed by atoms with Crippen molar-refractivity contribution in [3.63, 3.8) is 0 Å². The molecule has 26 heavy (non-hydrogen) atoms. The normalized spacial score (nSPS) is 14.2. The molecule has 0 spiro atoms. The highest BCUT2D eigenvalue weighted by Crippen LogP contribution is 2.30. The Bertz CT molecular complexity index is 1000. The summed E-state index contributed by atoms with van der Waals surface area (Å²) >= 11 is 0. The van der Waals surface area contributed by atoms with E-state index in [1.165, 1.54) is 12.1 Å². The van der Waals surface area contributed by atoms with E-state index in [9.17, 15) is 4.39 Å². The molecule has 5 heteroatoms. The second-order valence-corrected chi connectivity index (χ2v) is 6.01. The molecule has 0 atom stereocenters. The van der Waals surface area contributed by atoms with Gasteiger partial charge in [0, 0.05) is 29.5 Å². The number of pyridine rings is 1. The maximum atomic E-state index is 13.7. The van der Waals surface area contributed by atoms with Gasteiger partial charge < -0.3 is 11.1 Å². The van der Waals surface area contributed by atoms with E-state index < -0.39 is 5.82 Å². The minimum atomic E-state index is -0.538. The van der Waals surface area contributed by atoms with Crippen LogP contribution in [0.25, 0.3) is 11.1 Å². The van der Waals surface area contributed by atoms with E-state index in [-0.39, 0.29) is 5.56 Å². The topological polar surface area (TPSA) is 86.5 Å². The van der Waals surface area contributed by atoms with Crippen molar-refractivity contribution >= 4 is 23.2 Å². The molecule has 1 aliphatic rings. The number of nitrogens with one attached hydrogen (secondary N) is 1. The van der Waals surface area contributed by atoms with Crippen molar-refractivity contribution in [3.8, 4) is 6.07 Å². The molecule has 1 aromatic heterocycles. The van der Waals surface area contributed by atoms with Gasteiger partial charge in [-0.3, -0.25) is 0 Å². The van der Waals surface area contributed by atoms with E-state index >= 15 is 0 Å². The first-order chi connectivity index (χ1) is 12.5. The predicted molar refractivity (Wildman–Crippen MR) is 102 cm³/mol. The molecule has 0 saturated heterocycles. The van der Waals surface area contributed by atoms with Crippen molar-refractivity contribution in [2.24, 2.45) is 5.92 Å². The molecule has 3 N–H and O–H groups in total. The highest BCUT2D eigenvalue weighted by Gasteiger charge is 2.12. The van der Waals surface area contributed by atoms with Gasteiger partial charge in [0.05, 0.1) is 5.56 Å². The molecule has 0 radical (unpaired) electrons. The van der Waals surface area contributed by atoms with Gasteiger partial charge in [0.1, 0.15) is 17.7 Å². The largest absolute Gasteiger partial charge is 0.383 e. The van der Waals surface area contributed by atoms with Gasteiger partial charge in [0.2, 0.25) is 0 Å². The zero-order chi connectivity index (χ0) is 18.7. The van der Waals surface area contributed by atoms with Crippen LogP contribution in [-0.2, 0) is 0 Å². The number of halogens is 1. The van der Waals surface area contributed by atoms with Crippen LogP contribution in [0.2, 0.25) is 0 Å². The molecule has 0 saturated carbocycles. The number of anilines is 1. The number of nitrogens with two attached hydrogens (primary N) is 1. The molecule has 3 rings (SSSR count). The van der Waals surface area contributed by atoms with E-state index in [1.807, 2.05) is 25.1 Å². The third-order valence-electron chi connectivity index (χ3n) is 4.24. The van der Waals surface area contributed by atoms with E-state index in [0.717, 1.165) is 28.5 Å². The van der Waals surface area contributed by atoms with Crippen LogP contribution in [0.3, 0.4) is 0 Å². The summed E-state index contributed by atoms with van der Waals surface area (Å²) in [6.07, 6.45) is 11.0. The van der Waals surface area contributed by atoms with E-state index in [1.54, 1.807) is 18.3 Å². The average molecular weight is 344 g/mol. The Morgan fingerprint density at radius 2 is 2.08 bits per heavy atom. The molecule has 128 valence electrons. The van der Waals surface area contributed by atoms with E-state index in [4.69, 9.17) is 16.4 Å². The Hall–Kier alpha value is -3.52. The first-order valence-electron chi connectivity index (χ1n) is 8.07. The lowest BCUT2D eigenvalue weighted by Gasteiger charge is -2.12. The SMILES string of the molecule is C/C(=C(\C=C/C1C=C1)c1cnc(N)c(C=N)c1)c1ccc(F)c(C#N)c1. The Morgan fingerprint density at radius 1 is 1.31 bits per heavy atom. The number of nitrogen functional groups attached to an aromatic ring is 1. The third-order valence-corrected chi connectivity index (χ3v) is 4.24. The summed E-state index contributed by atoms with van der Waals surface area (Å²) in [6, 6.07) is 8.15. The quantitative estimate of drug-likeness (QED) is 0.480. The van der Waals surface area contributed by atoms with Gasteiger partial charge in [-0.15, -0.1) is 0 Å². The van der Waals surface area contributed by atoms with Gasteiger partial charge in [-0.1, -0.05) is 30.4 Å². The van der Waals surface area contributed by atoms with Crippen LogP contribution in [0.4, 0.5) is 10.2 Å². The number of allylic oxidation sites excluding steroid dienone is 6. The maximum Gasteiger partial charge on any atom is 0.140 e. The molecule has 0 aliphatic heterocycles. The van der Waals surface area contributed by atoms with Crippen molar-refractivity contribution in [2.75, 3.05) is 5.73 Å². The standard InChI is InChI=1S/C21H17FN4/c1-13(15-5-7-20(22)16(8-15)10-23)19(6-4-14-2-3-14)18-9-17(11-24)21(25)26-12-18/h2-9,11-12,14,24H,1H3,(H2,25,26)/b6-4-,19-13-,24-11?.